The van der Waals surface area contributed by atoms with Gasteiger partial charge in [0, 0.05) is 22.3 Å². The van der Waals surface area contributed by atoms with Crippen LogP contribution >= 0.6 is 0 Å². The molecule has 0 N–H and O–H groups in total. The molecule has 0 atom stereocenters. The molecule has 0 amide bonds. The lowest BCUT2D eigenvalue weighted by atomic mass is 9.95. The molecule has 0 spiro atoms. The summed E-state index contributed by atoms with van der Waals surface area (Å²) < 4.78 is 28.4. The summed E-state index contributed by atoms with van der Waals surface area (Å²) in [6.07, 6.45) is 2.36. The highest BCUT2D eigenvalue weighted by atomic mass is 16.5. The van der Waals surface area contributed by atoms with E-state index < -0.39 is 0 Å². The average molecular weight is 430 g/mol. The van der Waals surface area contributed by atoms with Crippen molar-refractivity contribution < 1.29 is 28.2 Å². The van der Waals surface area contributed by atoms with E-state index in [2.05, 4.69) is 0 Å². The van der Waals surface area contributed by atoms with E-state index in [1.54, 1.807) is 12.3 Å². The summed E-state index contributed by atoms with van der Waals surface area (Å²) in [5, 5.41) is 0. The maximum Gasteiger partial charge on any atom is 0.203 e. The van der Waals surface area contributed by atoms with Gasteiger partial charge in [-0.2, -0.15) is 0 Å². The lowest BCUT2D eigenvalue weighted by Crippen LogP contribution is -2.01. The molecule has 0 aliphatic carbocycles. The molecule has 162 valence electrons. The molecule has 4 rings (SSSR count). The highest BCUT2D eigenvalue weighted by molar-refractivity contribution is 5.96. The van der Waals surface area contributed by atoms with Crippen molar-refractivity contribution in [2.75, 3.05) is 21.3 Å². The number of carbonyl (C=O) groups excluding carboxylic acids is 1. The Balaban J connectivity index is 2.00. The molecule has 0 radical (unpaired) electrons. The van der Waals surface area contributed by atoms with Crippen molar-refractivity contribution in [2.45, 2.75) is 0 Å². The van der Waals surface area contributed by atoms with Gasteiger partial charge >= 0.3 is 0 Å². The fraction of sp³-hybridized carbons (Fsp3) is 0.115. The van der Waals surface area contributed by atoms with Crippen molar-refractivity contribution in [1.82, 2.24) is 0 Å². The van der Waals surface area contributed by atoms with Crippen LogP contribution in [0.15, 0.2) is 77.4 Å². The molecular formula is C26H22O6. The Morgan fingerprint density at radius 3 is 2.19 bits per heavy atom. The van der Waals surface area contributed by atoms with Gasteiger partial charge in [-0.1, -0.05) is 18.2 Å². The first-order chi connectivity index (χ1) is 15.7. The number of aldehydes is 1. The van der Waals surface area contributed by atoms with Crippen LogP contribution in [-0.4, -0.2) is 27.6 Å². The number of methoxy groups -OCH3 is 3. The SMILES string of the molecule is COc1cc(C=O)c(-c2cc(-c3ccco3)ccc2Oc2ccccc2)c(OC)c1OC. The van der Waals surface area contributed by atoms with Gasteiger partial charge in [-0.3, -0.25) is 4.79 Å². The van der Waals surface area contributed by atoms with Gasteiger partial charge in [0.15, 0.2) is 17.8 Å². The van der Waals surface area contributed by atoms with E-state index in [0.29, 0.717) is 51.2 Å². The molecule has 0 bridgehead atoms. The van der Waals surface area contributed by atoms with Gasteiger partial charge in [0.2, 0.25) is 5.75 Å². The molecule has 6 nitrogen and oxygen atoms in total. The standard InChI is InChI=1S/C26H22O6/c1-28-23-15-18(16-27)24(26(30-3)25(23)29-2)20-14-17(21-10-7-13-31-21)11-12-22(20)32-19-8-5-4-6-9-19/h4-16H,1-3H3. The summed E-state index contributed by atoms with van der Waals surface area (Å²) in [7, 11) is 4.54. The monoisotopic (exact) mass is 430 g/mol. The third-order valence-electron chi connectivity index (χ3n) is 5.01. The van der Waals surface area contributed by atoms with Crippen molar-refractivity contribution in [1.29, 1.82) is 0 Å². The van der Waals surface area contributed by atoms with E-state index in [1.165, 1.54) is 21.3 Å². The first-order valence-corrected chi connectivity index (χ1v) is 9.89. The first kappa shape index (κ1) is 21.1. The Kier molecular flexibility index (Phi) is 6.12. The Morgan fingerprint density at radius 1 is 0.781 bits per heavy atom. The molecule has 0 aliphatic rings. The van der Waals surface area contributed by atoms with Crippen molar-refractivity contribution in [3.05, 3.63) is 78.6 Å². The normalized spacial score (nSPS) is 10.5. The van der Waals surface area contributed by atoms with Gasteiger partial charge in [0.05, 0.1) is 27.6 Å². The second-order valence-corrected chi connectivity index (χ2v) is 6.83. The average Bonchev–Trinajstić information content (AvgIpc) is 3.38. The van der Waals surface area contributed by atoms with Crippen LogP contribution in [0.2, 0.25) is 0 Å². The van der Waals surface area contributed by atoms with Gasteiger partial charge in [0.1, 0.15) is 17.3 Å². The quantitative estimate of drug-likeness (QED) is 0.308. The van der Waals surface area contributed by atoms with Gasteiger partial charge in [-0.25, -0.2) is 0 Å². The molecule has 0 unspecified atom stereocenters. The predicted molar refractivity (Wildman–Crippen MR) is 121 cm³/mol. The van der Waals surface area contributed by atoms with Gasteiger partial charge in [-0.15, -0.1) is 0 Å². The summed E-state index contributed by atoms with van der Waals surface area (Å²) in [6, 6.07) is 20.3. The number of benzene rings is 3. The largest absolute Gasteiger partial charge is 0.493 e. The lowest BCUT2D eigenvalue weighted by molar-refractivity contribution is 0.112. The Morgan fingerprint density at radius 2 is 1.56 bits per heavy atom. The Labute approximate surface area is 185 Å². The van der Waals surface area contributed by atoms with Gasteiger partial charge in [0.25, 0.3) is 0 Å². The summed E-state index contributed by atoms with van der Waals surface area (Å²) >= 11 is 0. The van der Waals surface area contributed by atoms with Crippen molar-refractivity contribution in [2.24, 2.45) is 0 Å². The second-order valence-electron chi connectivity index (χ2n) is 6.83. The molecule has 0 saturated heterocycles. The molecule has 1 heterocycles. The zero-order valence-electron chi connectivity index (χ0n) is 18.0. The Bertz CT molecular complexity index is 1210. The van der Waals surface area contributed by atoms with Crippen LogP contribution in [0.5, 0.6) is 28.7 Å². The molecule has 4 aromatic rings. The summed E-state index contributed by atoms with van der Waals surface area (Å²) in [5.41, 5.74) is 2.36. The van der Waals surface area contributed by atoms with Crippen LogP contribution < -0.4 is 18.9 Å². The van der Waals surface area contributed by atoms with Crippen LogP contribution in [0.3, 0.4) is 0 Å². The number of hydrogen-bond acceptors (Lipinski definition) is 6. The van der Waals surface area contributed by atoms with E-state index >= 15 is 0 Å². The van der Waals surface area contributed by atoms with Crippen LogP contribution in [0, 0.1) is 0 Å². The zero-order valence-corrected chi connectivity index (χ0v) is 18.0. The van der Waals surface area contributed by atoms with Crippen LogP contribution in [-0.2, 0) is 0 Å². The van der Waals surface area contributed by atoms with Crippen molar-refractivity contribution >= 4 is 6.29 Å². The summed E-state index contributed by atoms with van der Waals surface area (Å²) in [5.74, 6) is 3.02. The number of furan rings is 1. The highest BCUT2D eigenvalue weighted by Crippen LogP contribution is 2.49. The molecule has 32 heavy (non-hydrogen) atoms. The fourth-order valence-corrected chi connectivity index (χ4v) is 3.57. The number of ether oxygens (including phenoxy) is 4. The number of hydrogen-bond donors (Lipinski definition) is 0. The highest BCUT2D eigenvalue weighted by Gasteiger charge is 2.25. The smallest absolute Gasteiger partial charge is 0.203 e. The lowest BCUT2D eigenvalue weighted by Gasteiger charge is -2.20. The van der Waals surface area contributed by atoms with Gasteiger partial charge < -0.3 is 23.4 Å². The zero-order chi connectivity index (χ0) is 22.5. The van der Waals surface area contributed by atoms with Crippen molar-refractivity contribution in [3.8, 4) is 51.2 Å². The van der Waals surface area contributed by atoms with E-state index in [-0.39, 0.29) is 0 Å². The number of rotatable bonds is 8. The van der Waals surface area contributed by atoms with E-state index in [1.807, 2.05) is 60.7 Å². The first-order valence-electron chi connectivity index (χ1n) is 9.89. The second kappa shape index (κ2) is 9.31. The van der Waals surface area contributed by atoms with E-state index in [9.17, 15) is 4.79 Å². The third-order valence-corrected chi connectivity index (χ3v) is 5.01. The molecule has 0 saturated carbocycles. The maximum atomic E-state index is 12.1. The molecule has 0 fully saturated rings. The molecule has 6 heteroatoms. The van der Waals surface area contributed by atoms with Gasteiger partial charge in [-0.05, 0) is 48.5 Å². The molecule has 3 aromatic carbocycles. The predicted octanol–water partition coefficient (Wildman–Crippen LogP) is 6.24. The number of carbonyl (C=O) groups is 1. The van der Waals surface area contributed by atoms with Crippen LogP contribution in [0.1, 0.15) is 10.4 Å². The molecular weight excluding hydrogens is 408 g/mol. The minimum atomic E-state index is 0.364. The summed E-state index contributed by atoms with van der Waals surface area (Å²) in [6.45, 7) is 0. The van der Waals surface area contributed by atoms with E-state index in [0.717, 1.165) is 11.8 Å². The maximum absolute atomic E-state index is 12.1. The fourth-order valence-electron chi connectivity index (χ4n) is 3.57. The Hall–Kier alpha value is -4.19. The van der Waals surface area contributed by atoms with Crippen molar-refractivity contribution in [3.63, 3.8) is 0 Å². The van der Waals surface area contributed by atoms with E-state index in [4.69, 9.17) is 23.4 Å². The molecule has 1 aromatic heterocycles. The minimum absolute atomic E-state index is 0.364. The number of para-hydroxylation sites is 1. The molecule has 0 aliphatic heterocycles. The topological polar surface area (TPSA) is 67.1 Å². The minimum Gasteiger partial charge on any atom is -0.493 e. The summed E-state index contributed by atoms with van der Waals surface area (Å²) in [4.78, 5) is 12.1. The van der Waals surface area contributed by atoms with Crippen LogP contribution in [0.25, 0.3) is 22.5 Å². The third kappa shape index (κ3) is 3.90. The van der Waals surface area contributed by atoms with Crippen LogP contribution in [0.4, 0.5) is 0 Å².